The Kier molecular flexibility index (Phi) is 7.60. The number of carbonyl (C=O) groups is 1. The van der Waals surface area contributed by atoms with Gasteiger partial charge in [-0.3, -0.25) is 4.79 Å². The number of aromatic nitrogens is 2. The van der Waals surface area contributed by atoms with Crippen LogP contribution in [0.5, 0.6) is 5.75 Å². The quantitative estimate of drug-likeness (QED) is 0.429. The van der Waals surface area contributed by atoms with Gasteiger partial charge < -0.3 is 15.2 Å². The number of benzene rings is 1. The number of aryl methyl sites for hydroxylation is 4. The number of carboxylic acid groups (broad SMARTS) is 1. The topological polar surface area (TPSA) is 84.3 Å². The number of carboxylic acids is 1. The average Bonchev–Trinajstić information content (AvgIpc) is 3.25. The van der Waals surface area contributed by atoms with Gasteiger partial charge in [-0.05, 0) is 80.3 Å². The molecular weight excluding hydrogens is 434 g/mol. The first kappa shape index (κ1) is 23.2. The molecule has 3 aromatic rings. The first-order valence-corrected chi connectivity index (χ1v) is 12.4. The van der Waals surface area contributed by atoms with Crippen LogP contribution in [-0.2, 0) is 30.5 Å². The lowest BCUT2D eigenvalue weighted by Gasteiger charge is -2.17. The van der Waals surface area contributed by atoms with Gasteiger partial charge in [-0.2, -0.15) is 0 Å². The van der Waals surface area contributed by atoms with Crippen LogP contribution < -0.4 is 10.1 Å². The van der Waals surface area contributed by atoms with Crippen LogP contribution in [0.2, 0.25) is 0 Å². The van der Waals surface area contributed by atoms with Crippen molar-refractivity contribution >= 4 is 23.1 Å². The molecule has 4 rings (SSSR count). The highest BCUT2D eigenvalue weighted by Gasteiger charge is 2.19. The highest BCUT2D eigenvalue weighted by Crippen LogP contribution is 2.29. The van der Waals surface area contributed by atoms with Crippen LogP contribution in [-0.4, -0.2) is 34.7 Å². The molecule has 33 heavy (non-hydrogen) atoms. The molecule has 0 spiro atoms. The van der Waals surface area contributed by atoms with Crippen molar-refractivity contribution in [3.63, 3.8) is 0 Å². The normalized spacial score (nSPS) is 13.8. The highest BCUT2D eigenvalue weighted by molar-refractivity contribution is 7.09. The molecule has 0 saturated heterocycles. The number of pyridine rings is 1. The van der Waals surface area contributed by atoms with E-state index in [1.165, 1.54) is 12.0 Å². The summed E-state index contributed by atoms with van der Waals surface area (Å²) in [5.74, 6) is 0.860. The van der Waals surface area contributed by atoms with Gasteiger partial charge >= 0.3 is 5.97 Å². The Hall–Kier alpha value is -2.93. The molecule has 0 bridgehead atoms. The van der Waals surface area contributed by atoms with Crippen LogP contribution >= 0.6 is 11.3 Å². The molecule has 0 fully saturated rings. The van der Waals surface area contributed by atoms with Crippen molar-refractivity contribution in [3.05, 3.63) is 68.8 Å². The molecule has 1 unspecified atom stereocenters. The van der Waals surface area contributed by atoms with Gasteiger partial charge in [0, 0.05) is 23.5 Å². The number of anilines is 1. The molecule has 0 radical (unpaired) electrons. The summed E-state index contributed by atoms with van der Waals surface area (Å²) in [6.07, 6.45) is 5.77. The predicted octanol–water partition coefficient (Wildman–Crippen LogP) is 5.19. The van der Waals surface area contributed by atoms with E-state index in [-0.39, 0.29) is 12.3 Å². The van der Waals surface area contributed by atoms with Crippen molar-refractivity contribution in [2.75, 3.05) is 19.0 Å². The minimum Gasteiger partial charge on any atom is -0.497 e. The van der Waals surface area contributed by atoms with Gasteiger partial charge in [0.15, 0.2) is 0 Å². The molecule has 1 atom stereocenters. The van der Waals surface area contributed by atoms with Crippen molar-refractivity contribution in [1.82, 2.24) is 9.97 Å². The van der Waals surface area contributed by atoms with Gasteiger partial charge in [0.25, 0.3) is 0 Å². The molecule has 1 aliphatic heterocycles. The summed E-state index contributed by atoms with van der Waals surface area (Å²) < 4.78 is 5.39. The van der Waals surface area contributed by atoms with E-state index < -0.39 is 5.97 Å². The van der Waals surface area contributed by atoms with E-state index in [9.17, 15) is 9.90 Å². The maximum Gasteiger partial charge on any atom is 0.303 e. The van der Waals surface area contributed by atoms with Gasteiger partial charge in [0.05, 0.1) is 24.2 Å². The Bertz CT molecular complexity index is 1110. The van der Waals surface area contributed by atoms with Crippen LogP contribution in [0.3, 0.4) is 0 Å². The lowest BCUT2D eigenvalue weighted by molar-refractivity contribution is -0.137. The van der Waals surface area contributed by atoms with E-state index in [1.807, 2.05) is 25.1 Å². The maximum absolute atomic E-state index is 11.5. The van der Waals surface area contributed by atoms with E-state index in [2.05, 4.69) is 22.8 Å². The van der Waals surface area contributed by atoms with Crippen molar-refractivity contribution in [3.8, 4) is 5.75 Å². The predicted molar refractivity (Wildman–Crippen MR) is 132 cm³/mol. The van der Waals surface area contributed by atoms with Gasteiger partial charge in [-0.15, -0.1) is 11.3 Å². The lowest BCUT2D eigenvalue weighted by atomic mass is 9.90. The molecule has 0 amide bonds. The van der Waals surface area contributed by atoms with E-state index in [0.717, 1.165) is 71.3 Å². The number of hydrogen-bond acceptors (Lipinski definition) is 6. The fraction of sp³-hybridized carbons (Fsp3) is 0.423. The standard InChI is InChI=1S/C26H31N3O3S/c1-17-11-19(14-23(12-17)32-2)20(15-25(30)31)13-22-16-33-24(28-22)7-3-6-21-9-8-18-5-4-10-27-26(18)29-21/h8-9,11-12,14,16,20H,3-7,10,13,15H2,1-2H3,(H,27,29)(H,30,31). The number of fused-ring (bicyclic) bond motifs is 1. The number of aliphatic carboxylic acids is 1. The minimum atomic E-state index is -0.803. The monoisotopic (exact) mass is 465 g/mol. The molecule has 0 aliphatic carbocycles. The van der Waals surface area contributed by atoms with E-state index in [4.69, 9.17) is 14.7 Å². The van der Waals surface area contributed by atoms with Crippen LogP contribution in [0.4, 0.5) is 5.82 Å². The Morgan fingerprint density at radius 2 is 2.09 bits per heavy atom. The van der Waals surface area contributed by atoms with Gasteiger partial charge in [0.1, 0.15) is 11.6 Å². The molecule has 2 aromatic heterocycles. The van der Waals surface area contributed by atoms with Crippen LogP contribution in [0.1, 0.15) is 58.3 Å². The molecule has 7 heteroatoms. The molecule has 174 valence electrons. The van der Waals surface area contributed by atoms with E-state index in [0.29, 0.717) is 6.42 Å². The first-order chi connectivity index (χ1) is 16.0. The van der Waals surface area contributed by atoms with Crippen molar-refractivity contribution in [1.29, 1.82) is 0 Å². The summed E-state index contributed by atoms with van der Waals surface area (Å²) in [6, 6.07) is 10.3. The Balaban J connectivity index is 1.37. The Labute approximate surface area is 199 Å². The number of thiazole rings is 1. The smallest absolute Gasteiger partial charge is 0.303 e. The number of ether oxygens (including phenoxy) is 1. The minimum absolute atomic E-state index is 0.0670. The number of rotatable bonds is 10. The highest BCUT2D eigenvalue weighted by atomic mass is 32.1. The van der Waals surface area contributed by atoms with Crippen molar-refractivity contribution in [2.45, 2.75) is 57.8 Å². The molecular formula is C26H31N3O3S. The first-order valence-electron chi connectivity index (χ1n) is 11.5. The van der Waals surface area contributed by atoms with Gasteiger partial charge in [0.2, 0.25) is 0 Å². The zero-order valence-electron chi connectivity index (χ0n) is 19.3. The molecule has 2 N–H and O–H groups in total. The molecule has 0 saturated carbocycles. The van der Waals surface area contributed by atoms with Crippen LogP contribution in [0.25, 0.3) is 0 Å². The van der Waals surface area contributed by atoms with E-state index >= 15 is 0 Å². The summed E-state index contributed by atoms with van der Waals surface area (Å²) in [5, 5.41) is 16.0. The Morgan fingerprint density at radius 1 is 1.21 bits per heavy atom. The fourth-order valence-electron chi connectivity index (χ4n) is 4.39. The zero-order chi connectivity index (χ0) is 23.2. The third kappa shape index (κ3) is 6.32. The van der Waals surface area contributed by atoms with Gasteiger partial charge in [-0.25, -0.2) is 9.97 Å². The third-order valence-corrected chi connectivity index (χ3v) is 6.99. The van der Waals surface area contributed by atoms with Gasteiger partial charge in [-0.1, -0.05) is 12.1 Å². The Morgan fingerprint density at radius 3 is 2.91 bits per heavy atom. The fourth-order valence-corrected chi connectivity index (χ4v) is 5.24. The van der Waals surface area contributed by atoms with Crippen molar-refractivity contribution in [2.24, 2.45) is 0 Å². The third-order valence-electron chi connectivity index (χ3n) is 6.03. The number of hydrogen-bond donors (Lipinski definition) is 2. The second-order valence-electron chi connectivity index (χ2n) is 8.71. The SMILES string of the molecule is COc1cc(C)cc(C(CC(=O)O)Cc2csc(CCCc3ccc4c(n3)NCCC4)n2)c1. The van der Waals surface area contributed by atoms with E-state index in [1.54, 1.807) is 18.4 Å². The van der Waals surface area contributed by atoms with Crippen molar-refractivity contribution < 1.29 is 14.6 Å². The summed E-state index contributed by atoms with van der Waals surface area (Å²) in [7, 11) is 1.63. The summed E-state index contributed by atoms with van der Waals surface area (Å²) in [6.45, 7) is 3.00. The summed E-state index contributed by atoms with van der Waals surface area (Å²) in [4.78, 5) is 21.1. The summed E-state index contributed by atoms with van der Waals surface area (Å²) >= 11 is 1.66. The largest absolute Gasteiger partial charge is 0.497 e. The summed E-state index contributed by atoms with van der Waals surface area (Å²) in [5.41, 5.74) is 5.44. The van der Waals surface area contributed by atoms with Crippen LogP contribution in [0, 0.1) is 6.92 Å². The average molecular weight is 466 g/mol. The number of nitrogens with zero attached hydrogens (tertiary/aromatic N) is 2. The van der Waals surface area contributed by atoms with Crippen LogP contribution in [0.15, 0.2) is 35.7 Å². The second kappa shape index (κ2) is 10.8. The molecule has 1 aliphatic rings. The molecule has 1 aromatic carbocycles. The number of nitrogens with one attached hydrogen (secondary N) is 1. The number of methoxy groups -OCH3 is 1. The molecule has 3 heterocycles. The maximum atomic E-state index is 11.5. The second-order valence-corrected chi connectivity index (χ2v) is 9.65. The molecule has 6 nitrogen and oxygen atoms in total. The lowest BCUT2D eigenvalue weighted by Crippen LogP contribution is -2.14. The zero-order valence-corrected chi connectivity index (χ0v) is 20.1.